The van der Waals surface area contributed by atoms with Crippen LogP contribution in [-0.4, -0.2) is 42.2 Å². The summed E-state index contributed by atoms with van der Waals surface area (Å²) in [5.74, 6) is 0.567. The Bertz CT molecular complexity index is 1410. The van der Waals surface area contributed by atoms with Crippen molar-refractivity contribution in [2.24, 2.45) is 4.99 Å². The molecule has 4 rings (SSSR count). The van der Waals surface area contributed by atoms with Gasteiger partial charge in [0, 0.05) is 17.6 Å². The molecule has 1 fully saturated rings. The topological polar surface area (TPSA) is 77.4 Å². The summed E-state index contributed by atoms with van der Waals surface area (Å²) in [6.07, 6.45) is 1.79. The molecule has 1 heterocycles. The third-order valence-corrected chi connectivity index (χ3v) is 6.92. The summed E-state index contributed by atoms with van der Waals surface area (Å²) in [6.45, 7) is 4.70. The molecule has 0 spiro atoms. The molecule has 1 aliphatic heterocycles. The van der Waals surface area contributed by atoms with Gasteiger partial charge in [0.2, 0.25) is 0 Å². The molecule has 3 aromatic carbocycles. The summed E-state index contributed by atoms with van der Waals surface area (Å²) < 4.78 is 16.8. The van der Waals surface area contributed by atoms with E-state index >= 15 is 0 Å². The van der Waals surface area contributed by atoms with Crippen molar-refractivity contribution >= 4 is 52.2 Å². The molecule has 38 heavy (non-hydrogen) atoms. The fourth-order valence-corrected chi connectivity index (χ4v) is 4.78. The highest BCUT2D eigenvalue weighted by Gasteiger charge is 2.30. The van der Waals surface area contributed by atoms with Crippen LogP contribution in [-0.2, 0) is 16.1 Å². The molecule has 0 unspecified atom stereocenters. The fourth-order valence-electron chi connectivity index (χ4n) is 3.60. The van der Waals surface area contributed by atoms with Crippen molar-refractivity contribution in [2.75, 3.05) is 20.3 Å². The molecule has 9 heteroatoms. The van der Waals surface area contributed by atoms with Crippen LogP contribution < -0.4 is 9.47 Å². The lowest BCUT2D eigenvalue weighted by atomic mass is 10.1. The molecule has 0 atom stereocenters. The number of benzene rings is 3. The summed E-state index contributed by atoms with van der Waals surface area (Å²) in [6, 6.07) is 19.8. The van der Waals surface area contributed by atoms with Crippen molar-refractivity contribution in [3.05, 3.63) is 93.3 Å². The van der Waals surface area contributed by atoms with E-state index < -0.39 is 5.97 Å². The first kappa shape index (κ1) is 27.3. The van der Waals surface area contributed by atoms with Gasteiger partial charge < -0.3 is 14.2 Å². The van der Waals surface area contributed by atoms with Crippen molar-refractivity contribution < 1.29 is 23.8 Å². The van der Waals surface area contributed by atoms with Gasteiger partial charge in [-0.3, -0.25) is 9.69 Å². The van der Waals surface area contributed by atoms with Crippen LogP contribution in [0.4, 0.5) is 5.69 Å². The smallest absolute Gasteiger partial charge is 0.338 e. The number of halogens is 1. The van der Waals surface area contributed by atoms with E-state index in [-0.39, 0.29) is 12.5 Å². The highest BCUT2D eigenvalue weighted by molar-refractivity contribution is 8.18. The number of amidine groups is 1. The van der Waals surface area contributed by atoms with Crippen molar-refractivity contribution in [1.82, 2.24) is 4.90 Å². The van der Waals surface area contributed by atoms with Crippen LogP contribution in [0, 0.1) is 0 Å². The number of carbonyl (C=O) groups is 2. The first-order valence-corrected chi connectivity index (χ1v) is 13.3. The predicted octanol–water partition coefficient (Wildman–Crippen LogP) is 6.73. The average molecular weight is 551 g/mol. The molecule has 0 N–H and O–H groups in total. The van der Waals surface area contributed by atoms with Gasteiger partial charge in [0.25, 0.3) is 5.91 Å². The zero-order chi connectivity index (χ0) is 27.1. The Kier molecular flexibility index (Phi) is 9.10. The molecule has 0 radical (unpaired) electrons. The fraction of sp³-hybridized carbons (Fsp3) is 0.207. The third kappa shape index (κ3) is 6.57. The normalized spacial score (nSPS) is 15.3. The zero-order valence-electron chi connectivity index (χ0n) is 21.3. The highest BCUT2D eigenvalue weighted by atomic mass is 35.5. The van der Waals surface area contributed by atoms with Gasteiger partial charge in [-0.2, -0.15) is 0 Å². The molecule has 1 saturated heterocycles. The molecule has 1 amide bonds. The van der Waals surface area contributed by atoms with Crippen molar-refractivity contribution in [3.8, 4) is 11.5 Å². The van der Waals surface area contributed by atoms with Crippen LogP contribution in [0.1, 0.15) is 35.3 Å². The van der Waals surface area contributed by atoms with Gasteiger partial charge in [0.05, 0.1) is 29.4 Å². The lowest BCUT2D eigenvalue weighted by Gasteiger charge is -2.13. The molecule has 0 saturated carbocycles. The van der Waals surface area contributed by atoms with E-state index in [0.29, 0.717) is 51.1 Å². The molecular weight excluding hydrogens is 524 g/mol. The van der Waals surface area contributed by atoms with Gasteiger partial charge in [0.1, 0.15) is 6.61 Å². The molecule has 7 nitrogen and oxygen atoms in total. The molecule has 0 bridgehead atoms. The van der Waals surface area contributed by atoms with Gasteiger partial charge in [-0.25, -0.2) is 9.79 Å². The van der Waals surface area contributed by atoms with Gasteiger partial charge in [-0.05, 0) is 73.6 Å². The predicted molar refractivity (Wildman–Crippen MR) is 151 cm³/mol. The standard InChI is InChI=1S/C29H27ClN2O5S/c1-4-35-25-15-19(13-14-24(25)37-18-21-9-6-7-12-23(21)30)16-26-27(33)32(3)29(38-26)31-22-11-8-10-20(17-22)28(34)36-5-2/h6-17H,4-5,18H2,1-3H3. The van der Waals surface area contributed by atoms with E-state index in [1.165, 1.54) is 16.7 Å². The Hall–Kier alpha value is -3.75. The molecule has 1 aliphatic rings. The van der Waals surface area contributed by atoms with Crippen LogP contribution in [0.2, 0.25) is 5.02 Å². The second kappa shape index (κ2) is 12.7. The Morgan fingerprint density at radius 1 is 1.00 bits per heavy atom. The van der Waals surface area contributed by atoms with E-state index in [4.69, 9.17) is 25.8 Å². The zero-order valence-corrected chi connectivity index (χ0v) is 22.8. The number of carbonyl (C=O) groups excluding carboxylic acids is 2. The van der Waals surface area contributed by atoms with Gasteiger partial charge in [-0.15, -0.1) is 0 Å². The van der Waals surface area contributed by atoms with E-state index in [9.17, 15) is 9.59 Å². The Morgan fingerprint density at radius 2 is 1.82 bits per heavy atom. The monoisotopic (exact) mass is 550 g/mol. The number of ether oxygens (including phenoxy) is 3. The van der Waals surface area contributed by atoms with E-state index in [2.05, 4.69) is 4.99 Å². The number of esters is 1. The number of hydrogen-bond acceptors (Lipinski definition) is 7. The quantitative estimate of drug-likeness (QED) is 0.217. The summed E-state index contributed by atoms with van der Waals surface area (Å²) >= 11 is 7.51. The Morgan fingerprint density at radius 3 is 2.58 bits per heavy atom. The molecule has 0 aliphatic carbocycles. The van der Waals surface area contributed by atoms with E-state index in [1.807, 2.05) is 49.4 Å². The minimum Gasteiger partial charge on any atom is -0.490 e. The molecular formula is C29H27ClN2O5S. The highest BCUT2D eigenvalue weighted by Crippen LogP contribution is 2.36. The Balaban J connectivity index is 1.54. The number of amides is 1. The van der Waals surface area contributed by atoms with E-state index in [0.717, 1.165) is 11.1 Å². The van der Waals surface area contributed by atoms with Crippen molar-refractivity contribution in [3.63, 3.8) is 0 Å². The largest absolute Gasteiger partial charge is 0.490 e. The number of hydrogen-bond donors (Lipinski definition) is 0. The lowest BCUT2D eigenvalue weighted by molar-refractivity contribution is -0.121. The van der Waals surface area contributed by atoms with Crippen LogP contribution in [0.15, 0.2) is 76.6 Å². The SMILES string of the molecule is CCOC(=O)c1cccc(N=C2SC(=Cc3ccc(OCc4ccccc4Cl)c(OCC)c3)C(=O)N2C)c1. The maximum absolute atomic E-state index is 13.0. The van der Waals surface area contributed by atoms with E-state index in [1.54, 1.807) is 44.3 Å². The van der Waals surface area contributed by atoms with Crippen LogP contribution in [0.3, 0.4) is 0 Å². The van der Waals surface area contributed by atoms with Crippen molar-refractivity contribution in [2.45, 2.75) is 20.5 Å². The first-order chi connectivity index (χ1) is 18.4. The van der Waals surface area contributed by atoms with Crippen molar-refractivity contribution in [1.29, 1.82) is 0 Å². The van der Waals surface area contributed by atoms with Gasteiger partial charge in [0.15, 0.2) is 16.7 Å². The maximum Gasteiger partial charge on any atom is 0.338 e. The number of aliphatic imine (C=N–C) groups is 1. The second-order valence-electron chi connectivity index (χ2n) is 8.16. The number of rotatable bonds is 9. The summed E-state index contributed by atoms with van der Waals surface area (Å²) in [5.41, 5.74) is 2.62. The number of likely N-dealkylation sites (N-methyl/N-ethyl adjacent to an activating group) is 1. The van der Waals surface area contributed by atoms with Crippen LogP contribution >= 0.6 is 23.4 Å². The second-order valence-corrected chi connectivity index (χ2v) is 9.58. The third-order valence-electron chi connectivity index (χ3n) is 5.49. The average Bonchev–Trinajstić information content (AvgIpc) is 3.17. The first-order valence-electron chi connectivity index (χ1n) is 12.1. The van der Waals surface area contributed by atoms with Gasteiger partial charge in [-0.1, -0.05) is 41.9 Å². The number of nitrogens with zero attached hydrogens (tertiary/aromatic N) is 2. The van der Waals surface area contributed by atoms with Crippen LogP contribution in [0.25, 0.3) is 6.08 Å². The molecule has 3 aromatic rings. The minimum absolute atomic E-state index is 0.174. The summed E-state index contributed by atoms with van der Waals surface area (Å²) in [5, 5.41) is 1.14. The summed E-state index contributed by atoms with van der Waals surface area (Å²) in [7, 11) is 1.67. The molecule has 196 valence electrons. The van der Waals surface area contributed by atoms with Crippen LogP contribution in [0.5, 0.6) is 11.5 Å². The minimum atomic E-state index is -0.414. The maximum atomic E-state index is 13.0. The lowest BCUT2D eigenvalue weighted by Crippen LogP contribution is -2.23. The Labute approximate surface area is 231 Å². The van der Waals surface area contributed by atoms with Gasteiger partial charge >= 0.3 is 5.97 Å². The summed E-state index contributed by atoms with van der Waals surface area (Å²) in [4.78, 5) is 31.6. The molecule has 0 aromatic heterocycles. The number of thioether (sulfide) groups is 1.